The maximum absolute atomic E-state index is 11.7. The number of nitrogens with zero attached hydrogens (tertiary/aromatic N) is 2. The van der Waals surface area contributed by atoms with Crippen LogP contribution in [-0.2, 0) is 14.3 Å². The second-order valence-electron chi connectivity index (χ2n) is 4.79. The highest BCUT2D eigenvalue weighted by Gasteiger charge is 2.29. The number of amides is 1. The van der Waals surface area contributed by atoms with Crippen molar-refractivity contribution in [2.75, 3.05) is 11.9 Å². The molecule has 1 aliphatic carbocycles. The van der Waals surface area contributed by atoms with Crippen LogP contribution < -0.4 is 5.32 Å². The monoisotopic (exact) mass is 309 g/mol. The quantitative estimate of drug-likeness (QED) is 0.614. The molecule has 1 fully saturated rings. The Morgan fingerprint density at radius 2 is 2.14 bits per heavy atom. The minimum atomic E-state index is -0.286. The van der Waals surface area contributed by atoms with E-state index in [2.05, 4.69) is 15.5 Å². The Labute approximate surface area is 128 Å². The first-order chi connectivity index (χ1) is 10.1. The van der Waals surface area contributed by atoms with Crippen LogP contribution >= 0.6 is 11.8 Å². The summed E-state index contributed by atoms with van der Waals surface area (Å²) in [6.45, 7) is 4.08. The zero-order chi connectivity index (χ0) is 15.2. The lowest BCUT2D eigenvalue weighted by molar-refractivity contribution is -0.142. The van der Waals surface area contributed by atoms with Gasteiger partial charge in [-0.1, -0.05) is 18.7 Å². The molecule has 21 heavy (non-hydrogen) atoms. The SMILES string of the molecule is CCOC(=O)[C@H](CC)Sc1ccc(NC(=O)C2CC2)nn1. The predicted octanol–water partition coefficient (Wildman–Crippen LogP) is 2.26. The third-order valence-electron chi connectivity index (χ3n) is 3.02. The Kier molecular flexibility index (Phi) is 5.55. The number of hydrogen-bond acceptors (Lipinski definition) is 6. The summed E-state index contributed by atoms with van der Waals surface area (Å²) in [6, 6.07) is 3.45. The molecular formula is C14H19N3O3S. The Balaban J connectivity index is 1.91. The van der Waals surface area contributed by atoms with Crippen molar-refractivity contribution in [2.24, 2.45) is 5.92 Å². The smallest absolute Gasteiger partial charge is 0.319 e. The van der Waals surface area contributed by atoms with E-state index in [1.165, 1.54) is 11.8 Å². The summed E-state index contributed by atoms with van der Waals surface area (Å²) >= 11 is 1.32. The number of esters is 1. The van der Waals surface area contributed by atoms with Gasteiger partial charge in [0.05, 0.1) is 6.61 Å². The molecule has 6 nitrogen and oxygen atoms in total. The van der Waals surface area contributed by atoms with Gasteiger partial charge in [-0.05, 0) is 38.3 Å². The molecular weight excluding hydrogens is 290 g/mol. The lowest BCUT2D eigenvalue weighted by atomic mass is 10.3. The molecule has 1 heterocycles. The van der Waals surface area contributed by atoms with E-state index in [0.29, 0.717) is 23.9 Å². The van der Waals surface area contributed by atoms with E-state index in [9.17, 15) is 9.59 Å². The zero-order valence-electron chi connectivity index (χ0n) is 12.2. The van der Waals surface area contributed by atoms with Gasteiger partial charge in [-0.3, -0.25) is 9.59 Å². The maximum Gasteiger partial charge on any atom is 0.319 e. The highest BCUT2D eigenvalue weighted by atomic mass is 32.2. The van der Waals surface area contributed by atoms with Gasteiger partial charge in [0.25, 0.3) is 0 Å². The minimum Gasteiger partial charge on any atom is -0.465 e. The molecule has 1 atom stereocenters. The zero-order valence-corrected chi connectivity index (χ0v) is 13.0. The third kappa shape index (κ3) is 4.70. The standard InChI is InChI=1S/C14H19N3O3S/c1-3-10(14(19)20-4-2)21-12-8-7-11(16-17-12)15-13(18)9-5-6-9/h7-10H,3-6H2,1-2H3,(H,15,16,18)/t10-/m0/s1. The van der Waals surface area contributed by atoms with Crippen molar-refractivity contribution >= 4 is 29.5 Å². The van der Waals surface area contributed by atoms with Gasteiger partial charge < -0.3 is 10.1 Å². The van der Waals surface area contributed by atoms with E-state index < -0.39 is 0 Å². The molecule has 0 radical (unpaired) electrons. The van der Waals surface area contributed by atoms with Gasteiger partial charge in [0.1, 0.15) is 10.3 Å². The topological polar surface area (TPSA) is 81.2 Å². The first-order valence-electron chi connectivity index (χ1n) is 7.12. The normalized spacial score (nSPS) is 15.3. The van der Waals surface area contributed by atoms with Crippen molar-refractivity contribution < 1.29 is 14.3 Å². The van der Waals surface area contributed by atoms with E-state index in [1.54, 1.807) is 19.1 Å². The number of thioether (sulfide) groups is 1. The molecule has 0 aromatic carbocycles. The van der Waals surface area contributed by atoms with E-state index in [4.69, 9.17) is 4.74 Å². The van der Waals surface area contributed by atoms with Crippen LogP contribution in [0.15, 0.2) is 17.2 Å². The van der Waals surface area contributed by atoms with Gasteiger partial charge in [0, 0.05) is 5.92 Å². The van der Waals surface area contributed by atoms with Crippen molar-refractivity contribution in [2.45, 2.75) is 43.4 Å². The lowest BCUT2D eigenvalue weighted by Gasteiger charge is -2.12. The van der Waals surface area contributed by atoms with Crippen LogP contribution in [0, 0.1) is 5.92 Å². The highest BCUT2D eigenvalue weighted by Crippen LogP contribution is 2.30. The summed E-state index contributed by atoms with van der Waals surface area (Å²) in [5.74, 6) is 0.343. The Morgan fingerprint density at radius 1 is 1.38 bits per heavy atom. The maximum atomic E-state index is 11.7. The van der Waals surface area contributed by atoms with Gasteiger partial charge in [0.15, 0.2) is 5.82 Å². The molecule has 114 valence electrons. The molecule has 0 saturated heterocycles. The van der Waals surface area contributed by atoms with Crippen molar-refractivity contribution in [1.29, 1.82) is 0 Å². The number of nitrogens with one attached hydrogen (secondary N) is 1. The van der Waals surface area contributed by atoms with Gasteiger partial charge in [-0.15, -0.1) is 10.2 Å². The van der Waals surface area contributed by atoms with Gasteiger partial charge in [-0.2, -0.15) is 0 Å². The number of hydrogen-bond donors (Lipinski definition) is 1. The average Bonchev–Trinajstić information content (AvgIpc) is 3.31. The number of rotatable bonds is 7. The molecule has 0 unspecified atom stereocenters. The molecule has 1 amide bonds. The van der Waals surface area contributed by atoms with E-state index in [-0.39, 0.29) is 23.0 Å². The van der Waals surface area contributed by atoms with Crippen LogP contribution in [0.2, 0.25) is 0 Å². The van der Waals surface area contributed by atoms with Crippen LogP contribution in [-0.4, -0.2) is 33.9 Å². The number of anilines is 1. The lowest BCUT2D eigenvalue weighted by Crippen LogP contribution is -2.19. The van der Waals surface area contributed by atoms with Crippen molar-refractivity contribution in [3.63, 3.8) is 0 Å². The second kappa shape index (κ2) is 7.40. The summed E-state index contributed by atoms with van der Waals surface area (Å²) in [6.07, 6.45) is 2.56. The molecule has 0 bridgehead atoms. The number of aromatic nitrogens is 2. The fraction of sp³-hybridized carbons (Fsp3) is 0.571. The van der Waals surface area contributed by atoms with Gasteiger partial charge in [-0.25, -0.2) is 0 Å². The number of carbonyl (C=O) groups excluding carboxylic acids is 2. The van der Waals surface area contributed by atoms with Gasteiger partial charge >= 0.3 is 5.97 Å². The molecule has 0 aliphatic heterocycles. The highest BCUT2D eigenvalue weighted by molar-refractivity contribution is 8.00. The molecule has 0 spiro atoms. The summed E-state index contributed by atoms with van der Waals surface area (Å²) < 4.78 is 5.01. The Hall–Kier alpha value is -1.63. The second-order valence-corrected chi connectivity index (χ2v) is 6.01. The fourth-order valence-corrected chi connectivity index (χ4v) is 2.56. The largest absolute Gasteiger partial charge is 0.465 e. The van der Waals surface area contributed by atoms with E-state index >= 15 is 0 Å². The first kappa shape index (κ1) is 15.8. The fourth-order valence-electron chi connectivity index (χ4n) is 1.70. The van der Waals surface area contributed by atoms with Crippen LogP contribution in [0.1, 0.15) is 33.1 Å². The summed E-state index contributed by atoms with van der Waals surface area (Å²) in [5.41, 5.74) is 0. The molecule has 1 aliphatic rings. The van der Waals surface area contributed by atoms with Crippen LogP contribution in [0.4, 0.5) is 5.82 Å². The van der Waals surface area contributed by atoms with Gasteiger partial charge in [0.2, 0.25) is 5.91 Å². The molecule has 1 N–H and O–H groups in total. The first-order valence-corrected chi connectivity index (χ1v) is 7.99. The molecule has 1 saturated carbocycles. The summed E-state index contributed by atoms with van der Waals surface area (Å²) in [7, 11) is 0. The van der Waals surface area contributed by atoms with Crippen LogP contribution in [0.5, 0.6) is 0 Å². The van der Waals surface area contributed by atoms with E-state index in [0.717, 1.165) is 12.8 Å². The third-order valence-corrected chi connectivity index (χ3v) is 4.29. The summed E-state index contributed by atoms with van der Waals surface area (Å²) in [4.78, 5) is 23.3. The van der Waals surface area contributed by atoms with Crippen LogP contribution in [0.25, 0.3) is 0 Å². The summed E-state index contributed by atoms with van der Waals surface area (Å²) in [5, 5.41) is 11.1. The molecule has 1 aromatic rings. The van der Waals surface area contributed by atoms with Crippen molar-refractivity contribution in [3.8, 4) is 0 Å². The van der Waals surface area contributed by atoms with E-state index in [1.807, 2.05) is 6.92 Å². The number of carbonyl (C=O) groups is 2. The average molecular weight is 309 g/mol. The number of ether oxygens (including phenoxy) is 1. The Morgan fingerprint density at radius 3 is 2.67 bits per heavy atom. The molecule has 1 aromatic heterocycles. The van der Waals surface area contributed by atoms with Crippen LogP contribution in [0.3, 0.4) is 0 Å². The van der Waals surface area contributed by atoms with Crippen molar-refractivity contribution in [3.05, 3.63) is 12.1 Å². The predicted molar refractivity (Wildman–Crippen MR) is 80.0 cm³/mol. The Bertz CT molecular complexity index is 503. The van der Waals surface area contributed by atoms with Crippen molar-refractivity contribution in [1.82, 2.24) is 10.2 Å². The molecule has 7 heteroatoms. The minimum absolute atomic E-state index is 0.00246. The molecule has 2 rings (SSSR count).